The van der Waals surface area contributed by atoms with E-state index in [0.717, 1.165) is 25.7 Å². The fourth-order valence-corrected chi connectivity index (χ4v) is 6.31. The van der Waals surface area contributed by atoms with Crippen LogP contribution in [0.15, 0.2) is 0 Å². The molecule has 0 radical (unpaired) electrons. The summed E-state index contributed by atoms with van der Waals surface area (Å²) in [5.74, 6) is 0.102. The van der Waals surface area contributed by atoms with Crippen LogP contribution in [-0.2, 0) is 19.1 Å². The van der Waals surface area contributed by atoms with E-state index in [0.29, 0.717) is 19.6 Å². The molecule has 1 aliphatic rings. The number of carbonyl (C=O) groups is 2. The molecule has 4 nitrogen and oxygen atoms in total. The van der Waals surface area contributed by atoms with Crippen LogP contribution in [-0.4, -0.2) is 31.1 Å². The van der Waals surface area contributed by atoms with Crippen molar-refractivity contribution in [2.45, 2.75) is 128 Å². The standard InChI is InChI=1S/C29H54O4/c1-14-24(6,7)27(11,23(31)33-19-22-18-32-22)20-26(10,16-3)28(12,17-4)29(13,21(5)30)25(8,9)15-2/h22H,14-20H2,1-13H3. The van der Waals surface area contributed by atoms with Crippen LogP contribution in [0.2, 0.25) is 0 Å². The number of hydrogen-bond acceptors (Lipinski definition) is 4. The molecule has 194 valence electrons. The number of epoxide rings is 1. The Labute approximate surface area is 205 Å². The molecule has 0 saturated carbocycles. The number of ketones is 1. The molecular weight excluding hydrogens is 412 g/mol. The monoisotopic (exact) mass is 466 g/mol. The minimum Gasteiger partial charge on any atom is -0.462 e. The normalized spacial score (nSPS) is 24.1. The second-order valence-corrected chi connectivity index (χ2v) is 12.8. The zero-order valence-corrected chi connectivity index (χ0v) is 24.2. The topological polar surface area (TPSA) is 55.9 Å². The first-order chi connectivity index (χ1) is 14.9. The maximum absolute atomic E-state index is 13.7. The zero-order chi connectivity index (χ0) is 26.1. The summed E-state index contributed by atoms with van der Waals surface area (Å²) < 4.78 is 11.1. The van der Waals surface area contributed by atoms with Crippen LogP contribution in [0.3, 0.4) is 0 Å². The molecule has 1 rings (SSSR count). The predicted octanol–water partition coefficient (Wildman–Crippen LogP) is 7.63. The maximum atomic E-state index is 13.7. The van der Waals surface area contributed by atoms with Gasteiger partial charge in [0.25, 0.3) is 0 Å². The minimum absolute atomic E-state index is 0.0489. The van der Waals surface area contributed by atoms with Gasteiger partial charge in [0.1, 0.15) is 18.5 Å². The summed E-state index contributed by atoms with van der Waals surface area (Å²) in [5, 5.41) is 0. The van der Waals surface area contributed by atoms with Crippen molar-refractivity contribution in [3.8, 4) is 0 Å². The largest absolute Gasteiger partial charge is 0.462 e. The molecule has 0 N–H and O–H groups in total. The molecule has 0 bridgehead atoms. The highest BCUT2D eigenvalue weighted by Crippen LogP contribution is 2.67. The third-order valence-electron chi connectivity index (χ3n) is 11.2. The predicted molar refractivity (Wildman–Crippen MR) is 137 cm³/mol. The summed E-state index contributed by atoms with van der Waals surface area (Å²) in [6.45, 7) is 29.2. The number of rotatable bonds is 14. The van der Waals surface area contributed by atoms with Crippen molar-refractivity contribution >= 4 is 11.8 Å². The Balaban J connectivity index is 3.67. The Morgan fingerprint density at radius 1 is 0.818 bits per heavy atom. The van der Waals surface area contributed by atoms with Gasteiger partial charge in [-0.15, -0.1) is 0 Å². The zero-order valence-electron chi connectivity index (χ0n) is 24.2. The van der Waals surface area contributed by atoms with Crippen molar-refractivity contribution in [2.24, 2.45) is 32.5 Å². The Bertz CT molecular complexity index is 706. The number of esters is 1. The lowest BCUT2D eigenvalue weighted by Gasteiger charge is -2.63. The van der Waals surface area contributed by atoms with Gasteiger partial charge in [0, 0.05) is 5.41 Å². The third-order valence-corrected chi connectivity index (χ3v) is 11.2. The number of Topliss-reactive ketones (excluding diaryl/α,β-unsaturated/α-hetero) is 1. The first-order valence-electron chi connectivity index (χ1n) is 13.2. The van der Waals surface area contributed by atoms with E-state index in [1.54, 1.807) is 6.92 Å². The second kappa shape index (κ2) is 9.99. The summed E-state index contributed by atoms with van der Waals surface area (Å²) in [7, 11) is 0. The van der Waals surface area contributed by atoms with Gasteiger partial charge in [0.15, 0.2) is 0 Å². The Morgan fingerprint density at radius 2 is 1.30 bits per heavy atom. The first kappa shape index (κ1) is 30.1. The molecule has 1 saturated heterocycles. The maximum Gasteiger partial charge on any atom is 0.312 e. The molecule has 5 unspecified atom stereocenters. The van der Waals surface area contributed by atoms with Gasteiger partial charge in [-0.25, -0.2) is 0 Å². The van der Waals surface area contributed by atoms with Gasteiger partial charge in [-0.1, -0.05) is 89.0 Å². The SMILES string of the molecule is CCC(C)(C)C(C)(CC(C)(CC)C(C)(CC)C(C)(C(C)=O)C(C)(C)CC)C(=O)OCC1CO1. The number of carbonyl (C=O) groups excluding carboxylic acids is 2. The van der Waals surface area contributed by atoms with Crippen LogP contribution in [0.25, 0.3) is 0 Å². The Morgan fingerprint density at radius 3 is 1.64 bits per heavy atom. The van der Waals surface area contributed by atoms with E-state index in [4.69, 9.17) is 9.47 Å². The Kier molecular flexibility index (Phi) is 9.12. The van der Waals surface area contributed by atoms with E-state index >= 15 is 0 Å². The molecule has 1 fully saturated rings. The molecule has 0 aliphatic carbocycles. The van der Waals surface area contributed by atoms with Gasteiger partial charge in [-0.05, 0) is 54.8 Å². The quantitative estimate of drug-likeness (QED) is 0.195. The summed E-state index contributed by atoms with van der Waals surface area (Å²) in [6.07, 6.45) is 4.26. The summed E-state index contributed by atoms with van der Waals surface area (Å²) in [5.41, 5.74) is -2.24. The van der Waals surface area contributed by atoms with E-state index in [9.17, 15) is 9.59 Å². The molecular formula is C29H54O4. The van der Waals surface area contributed by atoms with Crippen molar-refractivity contribution in [1.29, 1.82) is 0 Å². The molecule has 1 aliphatic heterocycles. The van der Waals surface area contributed by atoms with E-state index in [1.165, 1.54) is 0 Å². The van der Waals surface area contributed by atoms with Crippen LogP contribution in [0, 0.1) is 32.5 Å². The second-order valence-electron chi connectivity index (χ2n) is 12.8. The molecule has 1 heterocycles. The van der Waals surface area contributed by atoms with Crippen LogP contribution in [0.1, 0.15) is 122 Å². The first-order valence-corrected chi connectivity index (χ1v) is 13.2. The number of ether oxygens (including phenoxy) is 2. The van der Waals surface area contributed by atoms with E-state index in [-0.39, 0.29) is 39.5 Å². The fourth-order valence-electron chi connectivity index (χ4n) is 6.31. The van der Waals surface area contributed by atoms with Crippen molar-refractivity contribution < 1.29 is 19.1 Å². The molecule has 5 atom stereocenters. The lowest BCUT2D eigenvalue weighted by Crippen LogP contribution is -2.60. The molecule has 33 heavy (non-hydrogen) atoms. The molecule has 0 amide bonds. The van der Waals surface area contributed by atoms with Crippen molar-refractivity contribution in [3.63, 3.8) is 0 Å². The highest BCUT2D eigenvalue weighted by Gasteiger charge is 2.64. The van der Waals surface area contributed by atoms with Gasteiger partial charge in [-0.3, -0.25) is 9.59 Å². The van der Waals surface area contributed by atoms with Crippen LogP contribution < -0.4 is 0 Å². The van der Waals surface area contributed by atoms with Gasteiger partial charge in [-0.2, -0.15) is 0 Å². The van der Waals surface area contributed by atoms with E-state index < -0.39 is 10.8 Å². The van der Waals surface area contributed by atoms with Crippen LogP contribution in [0.4, 0.5) is 0 Å². The summed E-state index contributed by atoms with van der Waals surface area (Å²) >= 11 is 0. The fraction of sp³-hybridized carbons (Fsp3) is 0.931. The lowest BCUT2D eigenvalue weighted by atomic mass is 9.40. The van der Waals surface area contributed by atoms with Gasteiger partial charge >= 0.3 is 5.97 Å². The minimum atomic E-state index is -0.689. The molecule has 0 aromatic rings. The van der Waals surface area contributed by atoms with E-state index in [1.807, 2.05) is 0 Å². The van der Waals surface area contributed by atoms with Crippen molar-refractivity contribution in [2.75, 3.05) is 13.2 Å². The lowest BCUT2D eigenvalue weighted by molar-refractivity contribution is -0.184. The van der Waals surface area contributed by atoms with Gasteiger partial charge in [0.05, 0.1) is 12.0 Å². The van der Waals surface area contributed by atoms with Gasteiger partial charge < -0.3 is 9.47 Å². The van der Waals surface area contributed by atoms with Crippen molar-refractivity contribution in [1.82, 2.24) is 0 Å². The smallest absolute Gasteiger partial charge is 0.312 e. The average molecular weight is 467 g/mol. The highest BCUT2D eigenvalue weighted by atomic mass is 16.6. The van der Waals surface area contributed by atoms with Crippen LogP contribution >= 0.6 is 0 Å². The number of hydrogen-bond donors (Lipinski definition) is 0. The third kappa shape index (κ3) is 4.93. The molecule has 0 aromatic heterocycles. The molecule has 0 aromatic carbocycles. The Hall–Kier alpha value is -0.900. The van der Waals surface area contributed by atoms with Gasteiger partial charge in [0.2, 0.25) is 0 Å². The summed E-state index contributed by atoms with van der Waals surface area (Å²) in [4.78, 5) is 27.2. The highest BCUT2D eigenvalue weighted by molar-refractivity contribution is 5.84. The van der Waals surface area contributed by atoms with Crippen molar-refractivity contribution in [3.05, 3.63) is 0 Å². The van der Waals surface area contributed by atoms with E-state index in [2.05, 4.69) is 83.1 Å². The molecule has 4 heteroatoms. The summed E-state index contributed by atoms with van der Waals surface area (Å²) in [6, 6.07) is 0. The van der Waals surface area contributed by atoms with Crippen LogP contribution in [0.5, 0.6) is 0 Å². The molecule has 0 spiro atoms. The average Bonchev–Trinajstić information content (AvgIpc) is 3.59.